The van der Waals surface area contributed by atoms with Crippen molar-refractivity contribution in [3.63, 3.8) is 0 Å². The average Bonchev–Trinajstić information content (AvgIpc) is 2.52. The molecule has 0 bridgehead atoms. The first kappa shape index (κ1) is 11.1. The lowest BCUT2D eigenvalue weighted by molar-refractivity contribution is 0.104. The van der Waals surface area contributed by atoms with Crippen LogP contribution in [0.4, 0.5) is 0 Å². The third kappa shape index (κ3) is 3.05. The standard InChI is InChI=1S/C10H14N2OS/c1-7(2)5-9(13)8-6-14-10(12-8)3-4-11/h5-6H,3-4,11H2,1-2H3. The van der Waals surface area contributed by atoms with Crippen LogP contribution in [0.1, 0.15) is 29.3 Å². The summed E-state index contributed by atoms with van der Waals surface area (Å²) in [5.41, 5.74) is 6.91. The molecule has 0 spiro atoms. The number of hydrogen-bond acceptors (Lipinski definition) is 4. The molecule has 14 heavy (non-hydrogen) atoms. The first-order valence-electron chi connectivity index (χ1n) is 4.47. The van der Waals surface area contributed by atoms with Crippen LogP contribution < -0.4 is 5.73 Å². The van der Waals surface area contributed by atoms with Crippen LogP contribution in [-0.2, 0) is 6.42 Å². The maximum atomic E-state index is 11.5. The van der Waals surface area contributed by atoms with Gasteiger partial charge in [-0.3, -0.25) is 4.79 Å². The van der Waals surface area contributed by atoms with Crippen molar-refractivity contribution in [3.05, 3.63) is 27.7 Å². The lowest BCUT2D eigenvalue weighted by Gasteiger charge is -1.90. The molecule has 0 radical (unpaired) electrons. The SMILES string of the molecule is CC(C)=CC(=O)c1csc(CCN)n1. The largest absolute Gasteiger partial charge is 0.330 e. The molecule has 3 nitrogen and oxygen atoms in total. The molecule has 0 aliphatic heterocycles. The Morgan fingerprint density at radius 1 is 1.64 bits per heavy atom. The van der Waals surface area contributed by atoms with E-state index in [1.54, 1.807) is 11.5 Å². The van der Waals surface area contributed by atoms with E-state index >= 15 is 0 Å². The van der Waals surface area contributed by atoms with E-state index in [2.05, 4.69) is 4.98 Å². The highest BCUT2D eigenvalue weighted by Gasteiger charge is 2.07. The Morgan fingerprint density at radius 3 is 2.93 bits per heavy atom. The Hall–Kier alpha value is -1.00. The Bertz CT molecular complexity index is 351. The minimum atomic E-state index is -0.0236. The highest BCUT2D eigenvalue weighted by molar-refractivity contribution is 7.09. The molecule has 0 aliphatic rings. The molecule has 0 aliphatic carbocycles. The van der Waals surface area contributed by atoms with E-state index in [-0.39, 0.29) is 5.78 Å². The molecule has 0 atom stereocenters. The molecule has 76 valence electrons. The molecule has 1 aromatic rings. The van der Waals surface area contributed by atoms with E-state index in [1.165, 1.54) is 11.3 Å². The van der Waals surface area contributed by atoms with Gasteiger partial charge in [0.2, 0.25) is 5.78 Å². The fraction of sp³-hybridized carbons (Fsp3) is 0.400. The van der Waals surface area contributed by atoms with E-state index in [9.17, 15) is 4.79 Å². The molecule has 1 heterocycles. The Morgan fingerprint density at radius 2 is 2.36 bits per heavy atom. The molecule has 2 N–H and O–H groups in total. The highest BCUT2D eigenvalue weighted by Crippen LogP contribution is 2.11. The topological polar surface area (TPSA) is 56.0 Å². The van der Waals surface area contributed by atoms with Crippen molar-refractivity contribution < 1.29 is 4.79 Å². The van der Waals surface area contributed by atoms with Gasteiger partial charge >= 0.3 is 0 Å². The van der Waals surface area contributed by atoms with Crippen LogP contribution in [0.3, 0.4) is 0 Å². The smallest absolute Gasteiger partial charge is 0.204 e. The summed E-state index contributed by atoms with van der Waals surface area (Å²) in [6, 6.07) is 0. The van der Waals surface area contributed by atoms with Gasteiger partial charge in [-0.25, -0.2) is 4.98 Å². The number of carbonyl (C=O) groups is 1. The van der Waals surface area contributed by atoms with Crippen molar-refractivity contribution in [2.45, 2.75) is 20.3 Å². The van der Waals surface area contributed by atoms with Gasteiger partial charge in [-0.15, -0.1) is 11.3 Å². The van der Waals surface area contributed by atoms with Crippen molar-refractivity contribution in [2.24, 2.45) is 5.73 Å². The van der Waals surface area contributed by atoms with Gasteiger partial charge in [0.05, 0.1) is 5.01 Å². The molecular formula is C10H14N2OS. The molecule has 0 saturated heterocycles. The number of ketones is 1. The van der Waals surface area contributed by atoms with Crippen LogP contribution in [0.15, 0.2) is 17.0 Å². The Balaban J connectivity index is 2.76. The van der Waals surface area contributed by atoms with E-state index in [0.717, 1.165) is 17.0 Å². The third-order valence-corrected chi connectivity index (χ3v) is 2.49. The minimum Gasteiger partial charge on any atom is -0.330 e. The van der Waals surface area contributed by atoms with Gasteiger partial charge in [0, 0.05) is 11.8 Å². The Labute approximate surface area is 87.7 Å². The van der Waals surface area contributed by atoms with Crippen molar-refractivity contribution in [1.29, 1.82) is 0 Å². The lowest BCUT2D eigenvalue weighted by Crippen LogP contribution is -2.03. The summed E-state index contributed by atoms with van der Waals surface area (Å²) in [4.78, 5) is 15.7. The predicted octanol–water partition coefficient (Wildman–Crippen LogP) is 1.79. The maximum absolute atomic E-state index is 11.5. The number of nitrogens with two attached hydrogens (primary N) is 1. The van der Waals surface area contributed by atoms with Crippen LogP contribution >= 0.6 is 11.3 Å². The summed E-state index contributed by atoms with van der Waals surface area (Å²) in [7, 11) is 0. The second-order valence-corrected chi connectivity index (χ2v) is 4.19. The molecule has 1 aromatic heterocycles. The molecule has 0 unspecified atom stereocenters. The predicted molar refractivity (Wildman–Crippen MR) is 58.6 cm³/mol. The minimum absolute atomic E-state index is 0.0236. The zero-order valence-electron chi connectivity index (χ0n) is 8.41. The number of carbonyl (C=O) groups excluding carboxylic acids is 1. The average molecular weight is 210 g/mol. The second-order valence-electron chi connectivity index (χ2n) is 3.25. The summed E-state index contributed by atoms with van der Waals surface area (Å²) in [6.45, 7) is 4.36. The zero-order chi connectivity index (χ0) is 10.6. The van der Waals surface area contributed by atoms with Crippen LogP contribution in [0.2, 0.25) is 0 Å². The molecule has 0 amide bonds. The normalized spacial score (nSPS) is 9.93. The van der Waals surface area contributed by atoms with E-state index in [1.807, 2.05) is 13.8 Å². The highest BCUT2D eigenvalue weighted by atomic mass is 32.1. The fourth-order valence-corrected chi connectivity index (χ4v) is 1.80. The molecular weight excluding hydrogens is 196 g/mol. The number of hydrogen-bond donors (Lipinski definition) is 1. The quantitative estimate of drug-likeness (QED) is 0.609. The van der Waals surface area contributed by atoms with Crippen molar-refractivity contribution in [3.8, 4) is 0 Å². The molecule has 4 heteroatoms. The van der Waals surface area contributed by atoms with Gasteiger partial charge in [-0.2, -0.15) is 0 Å². The summed E-state index contributed by atoms with van der Waals surface area (Å²) < 4.78 is 0. The number of thiazole rings is 1. The van der Waals surface area contributed by atoms with E-state index in [4.69, 9.17) is 5.73 Å². The maximum Gasteiger partial charge on any atom is 0.204 e. The van der Waals surface area contributed by atoms with Crippen molar-refractivity contribution in [1.82, 2.24) is 4.98 Å². The molecule has 0 saturated carbocycles. The van der Waals surface area contributed by atoms with Gasteiger partial charge in [0.1, 0.15) is 5.69 Å². The van der Waals surface area contributed by atoms with Crippen molar-refractivity contribution in [2.75, 3.05) is 6.54 Å². The number of nitrogens with zero attached hydrogens (tertiary/aromatic N) is 1. The van der Waals surface area contributed by atoms with Crippen LogP contribution in [-0.4, -0.2) is 17.3 Å². The fourth-order valence-electron chi connectivity index (χ4n) is 0.998. The van der Waals surface area contributed by atoms with Gasteiger partial charge < -0.3 is 5.73 Å². The molecule has 1 rings (SSSR count). The first-order valence-corrected chi connectivity index (χ1v) is 5.35. The summed E-state index contributed by atoms with van der Waals surface area (Å²) in [6.07, 6.45) is 2.34. The van der Waals surface area contributed by atoms with Crippen LogP contribution in [0.25, 0.3) is 0 Å². The van der Waals surface area contributed by atoms with Gasteiger partial charge in [-0.05, 0) is 26.5 Å². The monoisotopic (exact) mass is 210 g/mol. The van der Waals surface area contributed by atoms with Crippen molar-refractivity contribution >= 4 is 17.1 Å². The lowest BCUT2D eigenvalue weighted by atomic mass is 10.2. The molecule has 0 aromatic carbocycles. The number of aromatic nitrogens is 1. The van der Waals surface area contributed by atoms with Gasteiger partial charge in [0.15, 0.2) is 0 Å². The summed E-state index contributed by atoms with van der Waals surface area (Å²) in [5.74, 6) is -0.0236. The van der Waals surface area contributed by atoms with E-state index < -0.39 is 0 Å². The van der Waals surface area contributed by atoms with Gasteiger partial charge in [0.25, 0.3) is 0 Å². The number of rotatable bonds is 4. The molecule has 0 fully saturated rings. The zero-order valence-corrected chi connectivity index (χ0v) is 9.23. The first-order chi connectivity index (χ1) is 6.63. The number of allylic oxidation sites excluding steroid dienone is 2. The van der Waals surface area contributed by atoms with Crippen LogP contribution in [0.5, 0.6) is 0 Å². The second kappa shape index (κ2) is 5.02. The van der Waals surface area contributed by atoms with Gasteiger partial charge in [-0.1, -0.05) is 5.57 Å². The summed E-state index contributed by atoms with van der Waals surface area (Å²) >= 11 is 1.49. The summed E-state index contributed by atoms with van der Waals surface area (Å²) in [5, 5.41) is 2.71. The van der Waals surface area contributed by atoms with E-state index in [0.29, 0.717) is 12.2 Å². The van der Waals surface area contributed by atoms with Crippen LogP contribution in [0, 0.1) is 0 Å². The third-order valence-electron chi connectivity index (χ3n) is 1.58. The Kier molecular flexibility index (Phi) is 3.98.